The van der Waals surface area contributed by atoms with Gasteiger partial charge < -0.3 is 0 Å². The highest BCUT2D eigenvalue weighted by Gasteiger charge is 2.27. The van der Waals surface area contributed by atoms with Crippen LogP contribution in [-0.2, 0) is 10.0 Å². The van der Waals surface area contributed by atoms with Crippen LogP contribution in [0.15, 0.2) is 18.2 Å². The predicted octanol–water partition coefficient (Wildman–Crippen LogP) is 0.551. The van der Waals surface area contributed by atoms with Crippen molar-refractivity contribution in [2.24, 2.45) is 0 Å². The smallest absolute Gasteiger partial charge is 0.259 e. The van der Waals surface area contributed by atoms with E-state index in [4.69, 9.17) is 11.6 Å². The second-order valence-electron chi connectivity index (χ2n) is 3.65. The summed E-state index contributed by atoms with van der Waals surface area (Å²) in [5, 5.41) is 2.12. The van der Waals surface area contributed by atoms with E-state index in [1.165, 1.54) is 18.2 Å². The van der Waals surface area contributed by atoms with Gasteiger partial charge in [0.25, 0.3) is 11.8 Å². The van der Waals surface area contributed by atoms with Gasteiger partial charge in [0.05, 0.1) is 16.9 Å². The molecule has 0 spiro atoms. The van der Waals surface area contributed by atoms with Gasteiger partial charge >= 0.3 is 0 Å². The minimum absolute atomic E-state index is 0.0285. The summed E-state index contributed by atoms with van der Waals surface area (Å²) in [6, 6.07) is 4.14. The average molecular weight is 289 g/mol. The molecule has 8 heteroatoms. The first-order chi connectivity index (χ1) is 8.43. The number of nitrogens with one attached hydrogen (secondary N) is 2. The van der Waals surface area contributed by atoms with Crippen LogP contribution in [0, 0.1) is 0 Å². The first kappa shape index (κ1) is 12.8. The van der Waals surface area contributed by atoms with Crippen molar-refractivity contribution in [2.45, 2.75) is 0 Å². The third kappa shape index (κ3) is 2.46. The molecule has 2 rings (SSSR count). The monoisotopic (exact) mass is 288 g/mol. The molecule has 18 heavy (non-hydrogen) atoms. The highest BCUT2D eigenvalue weighted by Crippen LogP contribution is 2.21. The van der Waals surface area contributed by atoms with Gasteiger partial charge in [-0.25, -0.2) is 8.42 Å². The molecule has 1 aromatic rings. The molecule has 0 atom stereocenters. The summed E-state index contributed by atoms with van der Waals surface area (Å²) in [5.41, 5.74) is 0.620. The Morgan fingerprint density at radius 1 is 1.17 bits per heavy atom. The number of alkyl halides is 1. The van der Waals surface area contributed by atoms with E-state index in [0.717, 1.165) is 0 Å². The molecule has 1 aromatic carbocycles. The van der Waals surface area contributed by atoms with Crippen LogP contribution in [0.25, 0.3) is 0 Å². The molecule has 0 aromatic heterocycles. The summed E-state index contributed by atoms with van der Waals surface area (Å²) in [7, 11) is -3.53. The van der Waals surface area contributed by atoms with E-state index in [0.29, 0.717) is 0 Å². The van der Waals surface area contributed by atoms with Gasteiger partial charge in [-0.15, -0.1) is 11.6 Å². The third-order valence-corrected chi connectivity index (χ3v) is 4.06. The van der Waals surface area contributed by atoms with Gasteiger partial charge in [0, 0.05) is 11.6 Å². The van der Waals surface area contributed by atoms with Crippen molar-refractivity contribution in [3.63, 3.8) is 0 Å². The molecule has 0 aliphatic carbocycles. The molecule has 0 bridgehead atoms. The molecule has 1 aliphatic heterocycles. The van der Waals surface area contributed by atoms with E-state index in [1.54, 1.807) is 0 Å². The number of carbonyl (C=O) groups is 2. The van der Waals surface area contributed by atoms with E-state index in [2.05, 4.69) is 10.0 Å². The molecule has 0 radical (unpaired) electrons. The molecule has 2 N–H and O–H groups in total. The lowest BCUT2D eigenvalue weighted by Crippen LogP contribution is -2.20. The van der Waals surface area contributed by atoms with E-state index < -0.39 is 21.8 Å². The van der Waals surface area contributed by atoms with Crippen LogP contribution < -0.4 is 10.0 Å². The zero-order valence-electron chi connectivity index (χ0n) is 9.07. The van der Waals surface area contributed by atoms with Crippen LogP contribution in [0.3, 0.4) is 0 Å². The van der Waals surface area contributed by atoms with E-state index in [-0.39, 0.29) is 28.4 Å². The molecule has 6 nitrogen and oxygen atoms in total. The maximum Gasteiger partial charge on any atom is 0.259 e. The molecule has 0 unspecified atom stereocenters. The van der Waals surface area contributed by atoms with E-state index in [9.17, 15) is 18.0 Å². The zero-order chi connectivity index (χ0) is 13.3. The van der Waals surface area contributed by atoms with Gasteiger partial charge in [0.1, 0.15) is 0 Å². The number of halogens is 1. The molecule has 1 aliphatic rings. The molecule has 1 heterocycles. The lowest BCUT2D eigenvalue weighted by Gasteiger charge is -2.07. The van der Waals surface area contributed by atoms with Crippen LogP contribution in [0.2, 0.25) is 0 Å². The quantitative estimate of drug-likeness (QED) is 0.625. The van der Waals surface area contributed by atoms with Crippen molar-refractivity contribution in [2.75, 3.05) is 16.4 Å². The molecule has 96 valence electrons. The van der Waals surface area contributed by atoms with Crippen molar-refractivity contribution >= 4 is 39.1 Å². The van der Waals surface area contributed by atoms with Crippen LogP contribution in [-0.4, -0.2) is 31.9 Å². The van der Waals surface area contributed by atoms with Crippen molar-refractivity contribution < 1.29 is 18.0 Å². The van der Waals surface area contributed by atoms with E-state index in [1.807, 2.05) is 0 Å². The van der Waals surface area contributed by atoms with Crippen LogP contribution >= 0.6 is 11.6 Å². The maximum absolute atomic E-state index is 11.5. The largest absolute Gasteiger partial charge is 0.288 e. The van der Waals surface area contributed by atoms with Crippen molar-refractivity contribution in [3.8, 4) is 0 Å². The van der Waals surface area contributed by atoms with Crippen molar-refractivity contribution in [1.29, 1.82) is 0 Å². The number of rotatable bonds is 4. The number of carbonyl (C=O) groups excluding carboxylic acids is 2. The Morgan fingerprint density at radius 2 is 1.83 bits per heavy atom. The Bertz CT molecular complexity index is 627. The summed E-state index contributed by atoms with van der Waals surface area (Å²) in [6.45, 7) is 0. The minimum atomic E-state index is -3.53. The third-order valence-electron chi connectivity index (χ3n) is 2.36. The van der Waals surface area contributed by atoms with Crippen molar-refractivity contribution in [1.82, 2.24) is 5.32 Å². The van der Waals surface area contributed by atoms with Crippen LogP contribution in [0.1, 0.15) is 20.7 Å². The summed E-state index contributed by atoms with van der Waals surface area (Å²) in [4.78, 5) is 22.7. The lowest BCUT2D eigenvalue weighted by molar-refractivity contribution is 0.0879. The maximum atomic E-state index is 11.5. The highest BCUT2D eigenvalue weighted by atomic mass is 35.5. The Kier molecular flexibility index (Phi) is 3.27. The molecular formula is C10H9ClN2O4S. The normalized spacial score (nSPS) is 14.3. The van der Waals surface area contributed by atoms with Crippen LogP contribution in [0.5, 0.6) is 0 Å². The fourth-order valence-electron chi connectivity index (χ4n) is 1.56. The van der Waals surface area contributed by atoms with Gasteiger partial charge in [0.2, 0.25) is 10.0 Å². The highest BCUT2D eigenvalue weighted by molar-refractivity contribution is 7.92. The number of amides is 2. The minimum Gasteiger partial charge on any atom is -0.288 e. The fourth-order valence-corrected chi connectivity index (χ4v) is 2.96. The van der Waals surface area contributed by atoms with E-state index >= 15 is 0 Å². The number of imide groups is 1. The number of hydrogen-bond acceptors (Lipinski definition) is 4. The first-order valence-electron chi connectivity index (χ1n) is 4.99. The van der Waals surface area contributed by atoms with Gasteiger partial charge in [-0.05, 0) is 18.2 Å². The molecule has 2 amide bonds. The Labute approximate surface area is 108 Å². The molecule has 0 fully saturated rings. The summed E-state index contributed by atoms with van der Waals surface area (Å²) < 4.78 is 25.2. The summed E-state index contributed by atoms with van der Waals surface area (Å²) in [5.74, 6) is -1.27. The number of benzene rings is 1. The van der Waals surface area contributed by atoms with Gasteiger partial charge in [-0.1, -0.05) is 0 Å². The first-order valence-corrected chi connectivity index (χ1v) is 7.18. The van der Waals surface area contributed by atoms with Crippen molar-refractivity contribution in [3.05, 3.63) is 29.3 Å². The Morgan fingerprint density at radius 3 is 2.50 bits per heavy atom. The summed E-state index contributed by atoms with van der Waals surface area (Å²) >= 11 is 5.36. The SMILES string of the molecule is O=C1NC(=O)c2cc(NS(=O)(=O)CCCl)ccc21. The van der Waals surface area contributed by atoms with Gasteiger partial charge in [-0.3, -0.25) is 19.6 Å². The standard InChI is InChI=1S/C10H9ClN2O4S/c11-3-4-18(16,17)13-6-1-2-7-8(5-6)10(15)12-9(7)14/h1-2,5,13H,3-4H2,(H,12,14,15). The molecule has 0 saturated carbocycles. The molecular weight excluding hydrogens is 280 g/mol. The topological polar surface area (TPSA) is 92.3 Å². The second-order valence-corrected chi connectivity index (χ2v) is 5.87. The lowest BCUT2D eigenvalue weighted by atomic mass is 10.1. The van der Waals surface area contributed by atoms with Gasteiger partial charge in [0.15, 0.2) is 0 Å². The second kappa shape index (κ2) is 4.58. The number of fused-ring (bicyclic) bond motifs is 1. The summed E-state index contributed by atoms with van der Waals surface area (Å²) in [6.07, 6.45) is 0. The predicted molar refractivity (Wildman–Crippen MR) is 66.4 cm³/mol. The molecule has 0 saturated heterocycles. The average Bonchev–Trinajstić information content (AvgIpc) is 2.53. The van der Waals surface area contributed by atoms with Gasteiger partial charge in [-0.2, -0.15) is 0 Å². The fraction of sp³-hybridized carbons (Fsp3) is 0.200. The number of anilines is 1. The van der Waals surface area contributed by atoms with Crippen LogP contribution in [0.4, 0.5) is 5.69 Å². The Balaban J connectivity index is 2.31. The number of sulfonamides is 1. The number of hydrogen-bond donors (Lipinski definition) is 2. The Hall–Kier alpha value is -1.60. The zero-order valence-corrected chi connectivity index (χ0v) is 10.6.